The molecule has 0 radical (unpaired) electrons. The molecule has 0 aliphatic rings. The van der Waals surface area contributed by atoms with Crippen LogP contribution in [0.5, 0.6) is 0 Å². The number of hydrogen-bond acceptors (Lipinski definition) is 0. The Labute approximate surface area is 289 Å². The summed E-state index contributed by atoms with van der Waals surface area (Å²) < 4.78 is 0. The molecule has 0 spiro atoms. The van der Waals surface area contributed by atoms with Crippen molar-refractivity contribution in [3.05, 3.63) is 182 Å². The van der Waals surface area contributed by atoms with Crippen LogP contribution in [0.4, 0.5) is 0 Å². The first-order valence-electron chi connectivity index (χ1n) is 15.0. The summed E-state index contributed by atoms with van der Waals surface area (Å²) in [5.74, 6) is 0. The summed E-state index contributed by atoms with van der Waals surface area (Å²) in [6.07, 6.45) is 0. The second-order valence-electron chi connectivity index (χ2n) is 11.3. The number of hydrogen-bond donors (Lipinski definition) is 0. The van der Waals surface area contributed by atoms with E-state index in [2.05, 4.69) is 217 Å². The van der Waals surface area contributed by atoms with Crippen LogP contribution in [0.15, 0.2) is 182 Å². The monoisotopic (exact) mass is 822 g/mol. The minimum Gasteiger partial charge on any atom is -0.0620 e. The van der Waals surface area contributed by atoms with E-state index in [1.807, 2.05) is 0 Å². The van der Waals surface area contributed by atoms with Crippen LogP contribution in [0.1, 0.15) is 20.8 Å². The fourth-order valence-corrected chi connectivity index (χ4v) is 9.78. The van der Waals surface area contributed by atoms with Crippen molar-refractivity contribution in [2.24, 2.45) is 5.41 Å². The average Bonchev–Trinajstić information content (AvgIpc) is 3.08. The minimum atomic E-state index is -0.877. The van der Waals surface area contributed by atoms with Gasteiger partial charge in [-0.05, 0) is 72.8 Å². The number of rotatable bonds is 6. The normalized spacial score (nSPS) is 10.3. The third kappa shape index (κ3) is 12.1. The Morgan fingerprint density at radius 2 is 0.489 bits per heavy atom. The van der Waals surface area contributed by atoms with Crippen molar-refractivity contribution in [1.29, 1.82) is 0 Å². The molecule has 0 atom stereocenters. The topological polar surface area (TPSA) is 0 Å². The molecule has 6 aromatic rings. The molecule has 45 heavy (non-hydrogen) atoms. The zero-order chi connectivity index (χ0) is 31.0. The molecule has 4 heteroatoms. The van der Waals surface area contributed by atoms with Crippen LogP contribution >= 0.6 is 24.5 Å². The second-order valence-corrected chi connectivity index (χ2v) is 16.5. The van der Waals surface area contributed by atoms with Crippen molar-refractivity contribution >= 4 is 56.4 Å². The van der Waals surface area contributed by atoms with Crippen LogP contribution in [0, 0.1) is 11.0 Å². The van der Waals surface area contributed by atoms with Gasteiger partial charge in [0, 0.05) is 21.1 Å². The molecule has 0 saturated heterocycles. The van der Waals surface area contributed by atoms with E-state index in [4.69, 9.17) is 0 Å². The summed E-state index contributed by atoms with van der Waals surface area (Å²) in [6, 6.07) is 65.0. The zero-order valence-electron chi connectivity index (χ0n) is 26.1. The van der Waals surface area contributed by atoms with Crippen molar-refractivity contribution in [3.63, 3.8) is 0 Å². The summed E-state index contributed by atoms with van der Waals surface area (Å²) in [6.45, 7) is 6.25. The first kappa shape index (κ1) is 36.5. The third-order valence-electron chi connectivity index (χ3n) is 6.75. The van der Waals surface area contributed by atoms with Crippen LogP contribution in [0.2, 0.25) is 0 Å². The molecule has 0 unspecified atom stereocenters. The van der Waals surface area contributed by atoms with E-state index in [0.717, 1.165) is 0 Å². The third-order valence-corrected chi connectivity index (χ3v) is 13.0. The molecule has 0 heterocycles. The van der Waals surface area contributed by atoms with Crippen molar-refractivity contribution in [2.75, 3.05) is 0 Å². The Morgan fingerprint density at radius 1 is 0.356 bits per heavy atom. The Kier molecular flexibility index (Phi) is 15.9. The van der Waals surface area contributed by atoms with Gasteiger partial charge < -0.3 is 0 Å². The van der Waals surface area contributed by atoms with Crippen LogP contribution in [0.3, 0.4) is 0 Å². The largest absolute Gasteiger partial charge is 0.102 e. The van der Waals surface area contributed by atoms with E-state index >= 15 is 0 Å². The Hall–Kier alpha value is -2.92. The van der Waals surface area contributed by atoms with E-state index in [1.54, 1.807) is 0 Å². The van der Waals surface area contributed by atoms with Gasteiger partial charge in [0.15, 0.2) is 0 Å². The predicted octanol–water partition coefficient (Wildman–Crippen LogP) is 8.49. The summed E-state index contributed by atoms with van der Waals surface area (Å²) in [4.78, 5) is 0. The summed E-state index contributed by atoms with van der Waals surface area (Å²) in [5, 5.41) is 8.61. The van der Waals surface area contributed by atoms with Crippen LogP contribution in [-0.2, 0) is 21.1 Å². The Balaban J connectivity index is 0.000000205. The van der Waals surface area contributed by atoms with E-state index in [1.165, 1.54) is 31.8 Å². The molecule has 0 aliphatic heterocycles. The van der Waals surface area contributed by atoms with Gasteiger partial charge in [-0.25, -0.2) is 0 Å². The average molecular weight is 823 g/mol. The van der Waals surface area contributed by atoms with Crippen LogP contribution in [0.25, 0.3) is 0 Å². The molecular weight excluding hydrogens is 780 g/mol. The van der Waals surface area contributed by atoms with Crippen molar-refractivity contribution in [1.82, 2.24) is 0 Å². The molecule has 0 nitrogen and oxygen atoms in total. The molecule has 0 N–H and O–H groups in total. The van der Waals surface area contributed by atoms with Gasteiger partial charge in [0.05, 0.1) is 15.8 Å². The molecule has 0 saturated carbocycles. The Bertz CT molecular complexity index is 1360. The van der Waals surface area contributed by atoms with Crippen molar-refractivity contribution in [2.45, 2.75) is 20.8 Å². The summed E-state index contributed by atoms with van der Waals surface area (Å²) >= 11 is 0. The van der Waals surface area contributed by atoms with Crippen molar-refractivity contribution in [3.8, 4) is 5.63 Å². The second kappa shape index (κ2) is 19.6. The van der Waals surface area contributed by atoms with Gasteiger partial charge in [-0.1, -0.05) is 109 Å². The maximum absolute atomic E-state index is 3.16. The first-order chi connectivity index (χ1) is 21.5. The molecular formula is C41H42P3Pt+3. The molecule has 0 aliphatic carbocycles. The van der Waals surface area contributed by atoms with Gasteiger partial charge >= 0.3 is 40.5 Å². The summed E-state index contributed by atoms with van der Waals surface area (Å²) in [5.41, 5.74) is 3.11. The van der Waals surface area contributed by atoms with Crippen LogP contribution < -0.4 is 31.8 Å². The molecule has 0 aromatic heterocycles. The van der Waals surface area contributed by atoms with Gasteiger partial charge in [-0.3, -0.25) is 0 Å². The van der Waals surface area contributed by atoms with E-state index in [-0.39, 0.29) is 26.5 Å². The smallest absolute Gasteiger partial charge is 0.0620 e. The SMILES string of the molecule is CC(C)(C)C#[PH+].[Pt].c1ccc([PH+](c2ccccc2)c2ccccc2)cc1.c1ccc([PH+](c2ccccc2)c2ccccc2)cc1. The maximum atomic E-state index is 3.16. The van der Waals surface area contributed by atoms with Crippen LogP contribution in [-0.4, -0.2) is 0 Å². The van der Waals surface area contributed by atoms with Gasteiger partial charge in [0.2, 0.25) is 0 Å². The predicted molar refractivity (Wildman–Crippen MR) is 205 cm³/mol. The first-order valence-corrected chi connectivity index (χ1v) is 18.5. The molecule has 0 bridgehead atoms. The van der Waals surface area contributed by atoms with E-state index in [0.29, 0.717) is 0 Å². The fourth-order valence-electron chi connectivity index (χ4n) is 4.63. The standard InChI is InChI=1S/2C18H15P.C5H9P.Pt/c2*1-4-10-16(11-5-1)19(17-12-6-2-7-13-17)18-14-8-3-9-15-18;1-5(2,3)4-6;/h2*1-15H;1-3H3;/p+3. The van der Waals surface area contributed by atoms with E-state index in [9.17, 15) is 0 Å². The van der Waals surface area contributed by atoms with Gasteiger partial charge in [-0.2, -0.15) is 0 Å². The van der Waals surface area contributed by atoms with E-state index < -0.39 is 15.8 Å². The van der Waals surface area contributed by atoms with Gasteiger partial charge in [0.1, 0.15) is 31.8 Å². The fraction of sp³-hybridized carbons (Fsp3) is 0.0976. The molecule has 228 valence electrons. The minimum absolute atomic E-state index is 0. The van der Waals surface area contributed by atoms with Gasteiger partial charge in [-0.15, -0.1) is 0 Å². The number of benzene rings is 6. The molecule has 0 fully saturated rings. The zero-order valence-corrected chi connectivity index (χ0v) is 31.4. The quantitative estimate of drug-likeness (QED) is 0.148. The molecule has 6 aromatic carbocycles. The molecule has 0 amide bonds. The maximum Gasteiger partial charge on any atom is 0.102 e. The van der Waals surface area contributed by atoms with Gasteiger partial charge in [0.25, 0.3) is 0 Å². The molecule has 6 rings (SSSR count). The van der Waals surface area contributed by atoms with Crippen molar-refractivity contribution < 1.29 is 21.1 Å². The Morgan fingerprint density at radius 3 is 0.600 bits per heavy atom. The summed E-state index contributed by atoms with van der Waals surface area (Å²) in [7, 11) is 1.41.